The first-order chi connectivity index (χ1) is 14.6. The van der Waals surface area contributed by atoms with Crippen molar-refractivity contribution in [2.24, 2.45) is 5.92 Å². The minimum absolute atomic E-state index is 0.00538. The molecule has 2 heterocycles. The Balaban J connectivity index is 1.26. The fourth-order valence-electron chi connectivity index (χ4n) is 4.38. The smallest absolute Gasteiger partial charge is 0.225 e. The second-order valence-electron chi connectivity index (χ2n) is 8.19. The lowest BCUT2D eigenvalue weighted by Gasteiger charge is -2.30. The van der Waals surface area contributed by atoms with Crippen LogP contribution in [0.3, 0.4) is 0 Å². The van der Waals surface area contributed by atoms with Crippen molar-refractivity contribution in [1.82, 2.24) is 15.2 Å². The minimum Gasteiger partial charge on any atom is -0.490 e. The second-order valence-corrected chi connectivity index (χ2v) is 8.19. The Morgan fingerprint density at radius 3 is 2.87 bits per heavy atom. The number of nitrogens with zero attached hydrogens (tertiary/aromatic N) is 2. The molecule has 30 heavy (non-hydrogen) atoms. The molecule has 1 saturated carbocycles. The number of amides is 2. The Labute approximate surface area is 176 Å². The fourth-order valence-corrected chi connectivity index (χ4v) is 4.38. The van der Waals surface area contributed by atoms with Crippen LogP contribution in [-0.4, -0.2) is 60.7 Å². The molecule has 1 aliphatic carbocycles. The summed E-state index contributed by atoms with van der Waals surface area (Å²) < 4.78 is 11.3. The van der Waals surface area contributed by atoms with Crippen molar-refractivity contribution in [3.8, 4) is 5.75 Å². The SMILES string of the molecule is COCCN1CC(C(=O)NC2CCC(Oc3cccc4cnccc34)CC2)CC1=O. The fraction of sp³-hybridized carbons (Fsp3) is 0.522. The topological polar surface area (TPSA) is 80.8 Å². The molecule has 1 N–H and O–H groups in total. The molecular weight excluding hydrogens is 382 g/mol. The minimum atomic E-state index is -0.257. The average molecular weight is 412 g/mol. The van der Waals surface area contributed by atoms with Crippen LogP contribution in [0.2, 0.25) is 0 Å². The molecule has 1 saturated heterocycles. The molecular formula is C23H29N3O4. The summed E-state index contributed by atoms with van der Waals surface area (Å²) in [4.78, 5) is 30.6. The van der Waals surface area contributed by atoms with Crippen molar-refractivity contribution in [3.05, 3.63) is 36.7 Å². The highest BCUT2D eigenvalue weighted by atomic mass is 16.5. The third kappa shape index (κ3) is 4.73. The van der Waals surface area contributed by atoms with Crippen LogP contribution in [0.4, 0.5) is 0 Å². The van der Waals surface area contributed by atoms with Gasteiger partial charge in [-0.15, -0.1) is 0 Å². The number of benzene rings is 1. The number of hydrogen-bond donors (Lipinski definition) is 1. The number of hydrogen-bond acceptors (Lipinski definition) is 5. The van der Waals surface area contributed by atoms with Crippen LogP contribution >= 0.6 is 0 Å². The van der Waals surface area contributed by atoms with Gasteiger partial charge in [0.2, 0.25) is 11.8 Å². The molecule has 1 aromatic carbocycles. The van der Waals surface area contributed by atoms with E-state index in [1.807, 2.05) is 30.5 Å². The summed E-state index contributed by atoms with van der Waals surface area (Å²) in [5.74, 6) is 0.666. The molecule has 7 nitrogen and oxygen atoms in total. The lowest BCUT2D eigenvalue weighted by atomic mass is 9.92. The maximum Gasteiger partial charge on any atom is 0.225 e. The maximum absolute atomic E-state index is 12.6. The molecule has 2 fully saturated rings. The van der Waals surface area contributed by atoms with Gasteiger partial charge in [-0.05, 0) is 37.8 Å². The van der Waals surface area contributed by atoms with E-state index in [9.17, 15) is 9.59 Å². The van der Waals surface area contributed by atoms with E-state index in [1.54, 1.807) is 18.2 Å². The van der Waals surface area contributed by atoms with E-state index in [-0.39, 0.29) is 29.9 Å². The highest BCUT2D eigenvalue weighted by Gasteiger charge is 2.35. The Morgan fingerprint density at radius 1 is 1.23 bits per heavy atom. The average Bonchev–Trinajstić information content (AvgIpc) is 3.14. The number of fused-ring (bicyclic) bond motifs is 1. The molecule has 160 valence electrons. The summed E-state index contributed by atoms with van der Waals surface area (Å²) in [6.45, 7) is 1.53. The van der Waals surface area contributed by atoms with Crippen LogP contribution < -0.4 is 10.1 Å². The van der Waals surface area contributed by atoms with Crippen molar-refractivity contribution < 1.29 is 19.1 Å². The van der Waals surface area contributed by atoms with Gasteiger partial charge in [0, 0.05) is 55.8 Å². The van der Waals surface area contributed by atoms with Crippen LogP contribution in [0, 0.1) is 5.92 Å². The van der Waals surface area contributed by atoms with Crippen molar-refractivity contribution >= 4 is 22.6 Å². The summed E-state index contributed by atoms with van der Waals surface area (Å²) in [6.07, 6.45) is 7.64. The van der Waals surface area contributed by atoms with Crippen molar-refractivity contribution in [1.29, 1.82) is 0 Å². The molecule has 0 radical (unpaired) electrons. The molecule has 2 aliphatic rings. The third-order valence-electron chi connectivity index (χ3n) is 6.11. The van der Waals surface area contributed by atoms with Gasteiger partial charge in [0.05, 0.1) is 18.6 Å². The lowest BCUT2D eigenvalue weighted by molar-refractivity contribution is -0.129. The van der Waals surface area contributed by atoms with E-state index in [4.69, 9.17) is 9.47 Å². The molecule has 1 aromatic heterocycles. The highest BCUT2D eigenvalue weighted by molar-refractivity contribution is 5.89. The van der Waals surface area contributed by atoms with Gasteiger partial charge in [-0.2, -0.15) is 0 Å². The van der Waals surface area contributed by atoms with E-state index in [2.05, 4.69) is 10.3 Å². The Bertz CT molecular complexity index is 890. The van der Waals surface area contributed by atoms with Gasteiger partial charge in [0.1, 0.15) is 5.75 Å². The number of carbonyl (C=O) groups is 2. The third-order valence-corrected chi connectivity index (χ3v) is 6.11. The maximum atomic E-state index is 12.6. The summed E-state index contributed by atoms with van der Waals surface area (Å²) in [6, 6.07) is 8.16. The molecule has 2 aromatic rings. The van der Waals surface area contributed by atoms with E-state index >= 15 is 0 Å². The number of aromatic nitrogens is 1. The zero-order chi connectivity index (χ0) is 20.9. The quantitative estimate of drug-likeness (QED) is 0.757. The van der Waals surface area contributed by atoms with Crippen LogP contribution in [0.25, 0.3) is 10.8 Å². The number of nitrogens with one attached hydrogen (secondary N) is 1. The number of carbonyl (C=O) groups excluding carboxylic acids is 2. The molecule has 0 spiro atoms. The zero-order valence-electron chi connectivity index (χ0n) is 17.4. The normalized spacial score (nSPS) is 24.2. The number of pyridine rings is 1. The van der Waals surface area contributed by atoms with Gasteiger partial charge in [0.25, 0.3) is 0 Å². The van der Waals surface area contributed by atoms with Crippen LogP contribution in [0.1, 0.15) is 32.1 Å². The van der Waals surface area contributed by atoms with Gasteiger partial charge in [0.15, 0.2) is 0 Å². The van der Waals surface area contributed by atoms with Crippen LogP contribution in [0.15, 0.2) is 36.7 Å². The van der Waals surface area contributed by atoms with Gasteiger partial charge < -0.3 is 19.7 Å². The Hall–Kier alpha value is -2.67. The van der Waals surface area contributed by atoms with Gasteiger partial charge >= 0.3 is 0 Å². The van der Waals surface area contributed by atoms with Gasteiger partial charge in [-0.1, -0.05) is 12.1 Å². The zero-order valence-corrected chi connectivity index (χ0v) is 17.4. The first-order valence-corrected chi connectivity index (χ1v) is 10.7. The Morgan fingerprint density at radius 2 is 2.07 bits per heavy atom. The number of ether oxygens (including phenoxy) is 2. The standard InChI is InChI=1S/C23H29N3O4/c1-29-12-11-26-15-17(13-22(26)27)23(28)25-18-5-7-19(8-6-18)30-21-4-2-3-16-14-24-10-9-20(16)21/h2-4,9-10,14,17-19H,5-8,11-13,15H2,1H3,(H,25,28). The van der Waals surface area contributed by atoms with E-state index in [0.29, 0.717) is 26.1 Å². The van der Waals surface area contributed by atoms with E-state index < -0.39 is 0 Å². The van der Waals surface area contributed by atoms with Crippen LogP contribution in [0.5, 0.6) is 5.75 Å². The molecule has 4 rings (SSSR count). The van der Waals surface area contributed by atoms with Crippen molar-refractivity contribution in [2.45, 2.75) is 44.2 Å². The second kappa shape index (κ2) is 9.43. The molecule has 7 heteroatoms. The molecule has 1 unspecified atom stereocenters. The lowest BCUT2D eigenvalue weighted by Crippen LogP contribution is -2.43. The first-order valence-electron chi connectivity index (χ1n) is 10.7. The largest absolute Gasteiger partial charge is 0.490 e. The van der Waals surface area contributed by atoms with E-state index in [0.717, 1.165) is 42.2 Å². The van der Waals surface area contributed by atoms with Crippen molar-refractivity contribution in [3.63, 3.8) is 0 Å². The molecule has 1 atom stereocenters. The summed E-state index contributed by atoms with van der Waals surface area (Å²) in [5.41, 5.74) is 0. The van der Waals surface area contributed by atoms with Gasteiger partial charge in [-0.25, -0.2) is 0 Å². The number of rotatable bonds is 7. The number of methoxy groups -OCH3 is 1. The van der Waals surface area contributed by atoms with Gasteiger partial charge in [-0.3, -0.25) is 14.6 Å². The van der Waals surface area contributed by atoms with Crippen LogP contribution in [-0.2, 0) is 14.3 Å². The monoisotopic (exact) mass is 411 g/mol. The summed E-state index contributed by atoms with van der Waals surface area (Å²) in [7, 11) is 1.61. The molecule has 1 aliphatic heterocycles. The highest BCUT2D eigenvalue weighted by Crippen LogP contribution is 2.29. The molecule has 2 amide bonds. The summed E-state index contributed by atoms with van der Waals surface area (Å²) in [5, 5.41) is 5.31. The number of likely N-dealkylation sites (tertiary alicyclic amines) is 1. The molecule has 0 bridgehead atoms. The predicted molar refractivity (Wildman–Crippen MR) is 113 cm³/mol. The summed E-state index contributed by atoms with van der Waals surface area (Å²) >= 11 is 0. The first kappa shape index (κ1) is 20.6. The van der Waals surface area contributed by atoms with Crippen molar-refractivity contribution in [2.75, 3.05) is 26.8 Å². The Kier molecular flexibility index (Phi) is 6.47. The van der Waals surface area contributed by atoms with E-state index in [1.165, 1.54) is 0 Å². The predicted octanol–water partition coefficient (Wildman–Crippen LogP) is 2.54.